The first kappa shape index (κ1) is 19.6. The van der Waals surface area contributed by atoms with Crippen LogP contribution in [0.5, 0.6) is 5.75 Å². The lowest BCUT2D eigenvalue weighted by atomic mass is 10.0. The van der Waals surface area contributed by atoms with E-state index in [1.807, 2.05) is 38.1 Å². The molecule has 154 valence electrons. The van der Waals surface area contributed by atoms with E-state index in [0.29, 0.717) is 30.3 Å². The molecular formula is C21H26N4O4. The summed E-state index contributed by atoms with van der Waals surface area (Å²) in [7, 11) is 0. The minimum absolute atomic E-state index is 0.00827. The van der Waals surface area contributed by atoms with Crippen LogP contribution in [0.15, 0.2) is 36.7 Å². The van der Waals surface area contributed by atoms with Gasteiger partial charge in [-0.15, -0.1) is 0 Å². The lowest BCUT2D eigenvalue weighted by Gasteiger charge is -2.38. The molecule has 4 rings (SSSR count). The van der Waals surface area contributed by atoms with E-state index in [2.05, 4.69) is 20.2 Å². The zero-order chi connectivity index (χ0) is 20.3. The zero-order valence-corrected chi connectivity index (χ0v) is 16.8. The highest BCUT2D eigenvalue weighted by atomic mass is 16.7. The van der Waals surface area contributed by atoms with Gasteiger partial charge in [0.15, 0.2) is 5.79 Å². The molecule has 2 aromatic rings. The molecule has 1 aromatic heterocycles. The van der Waals surface area contributed by atoms with Crippen molar-refractivity contribution in [2.45, 2.75) is 38.6 Å². The number of benzene rings is 1. The maximum absolute atomic E-state index is 12.8. The molecule has 29 heavy (non-hydrogen) atoms. The van der Waals surface area contributed by atoms with Crippen LogP contribution in [0.3, 0.4) is 0 Å². The summed E-state index contributed by atoms with van der Waals surface area (Å²) in [5, 5.41) is 2.89. The third-order valence-electron chi connectivity index (χ3n) is 5.05. The number of nitrogens with zero attached hydrogens (tertiary/aromatic N) is 3. The SMILES string of the molecule is CC(C)Oc1ccccc1NC(=O)c1cc(N2CCC3(CC2)OCCO3)ncn1. The van der Waals surface area contributed by atoms with Gasteiger partial charge in [-0.2, -0.15) is 0 Å². The van der Waals surface area contributed by atoms with Crippen LogP contribution in [0.25, 0.3) is 0 Å². The maximum atomic E-state index is 12.8. The first-order chi connectivity index (χ1) is 14.0. The van der Waals surface area contributed by atoms with Gasteiger partial charge in [0.05, 0.1) is 25.0 Å². The van der Waals surface area contributed by atoms with Crippen LogP contribution in [0, 0.1) is 0 Å². The highest BCUT2D eigenvalue weighted by Gasteiger charge is 2.40. The van der Waals surface area contributed by atoms with Crippen LogP contribution in [-0.2, 0) is 9.47 Å². The molecule has 1 N–H and O–H groups in total. The zero-order valence-electron chi connectivity index (χ0n) is 16.8. The van der Waals surface area contributed by atoms with Crippen molar-refractivity contribution in [3.05, 3.63) is 42.4 Å². The summed E-state index contributed by atoms with van der Waals surface area (Å²) >= 11 is 0. The van der Waals surface area contributed by atoms with Crippen LogP contribution in [-0.4, -0.2) is 54.1 Å². The number of piperidine rings is 1. The lowest BCUT2D eigenvalue weighted by molar-refractivity contribution is -0.169. The van der Waals surface area contributed by atoms with Crippen molar-refractivity contribution >= 4 is 17.4 Å². The summed E-state index contributed by atoms with van der Waals surface area (Å²) < 4.78 is 17.3. The average molecular weight is 398 g/mol. The largest absolute Gasteiger partial charge is 0.489 e. The summed E-state index contributed by atoms with van der Waals surface area (Å²) in [5.41, 5.74) is 0.921. The molecule has 3 heterocycles. The second kappa shape index (κ2) is 8.34. The van der Waals surface area contributed by atoms with Crippen molar-refractivity contribution in [1.29, 1.82) is 0 Å². The third kappa shape index (κ3) is 4.49. The summed E-state index contributed by atoms with van der Waals surface area (Å²) in [6, 6.07) is 9.08. The summed E-state index contributed by atoms with van der Waals surface area (Å²) in [5.74, 6) is 0.612. The fourth-order valence-electron chi connectivity index (χ4n) is 3.62. The Morgan fingerprint density at radius 1 is 1.17 bits per heavy atom. The summed E-state index contributed by atoms with van der Waals surface area (Å²) in [6.07, 6.45) is 2.99. The summed E-state index contributed by atoms with van der Waals surface area (Å²) in [6.45, 7) is 6.70. The molecule has 0 radical (unpaired) electrons. The van der Waals surface area contributed by atoms with Crippen LogP contribution in [0.4, 0.5) is 11.5 Å². The van der Waals surface area contributed by atoms with Crippen molar-refractivity contribution in [2.24, 2.45) is 0 Å². The van der Waals surface area contributed by atoms with Crippen molar-refractivity contribution in [3.8, 4) is 5.75 Å². The molecule has 2 fully saturated rings. The maximum Gasteiger partial charge on any atom is 0.274 e. The number of aromatic nitrogens is 2. The highest BCUT2D eigenvalue weighted by Crippen LogP contribution is 2.32. The number of amides is 1. The predicted octanol–water partition coefficient (Wildman–Crippen LogP) is 2.86. The molecule has 0 unspecified atom stereocenters. The van der Waals surface area contributed by atoms with Crippen LogP contribution in [0.1, 0.15) is 37.2 Å². The first-order valence-electron chi connectivity index (χ1n) is 9.97. The molecule has 1 amide bonds. The van der Waals surface area contributed by atoms with Gasteiger partial charge in [0.1, 0.15) is 23.6 Å². The van der Waals surface area contributed by atoms with Crippen LogP contribution < -0.4 is 15.0 Å². The molecule has 1 aromatic carbocycles. The number of nitrogens with one attached hydrogen (secondary N) is 1. The Balaban J connectivity index is 1.44. The number of rotatable bonds is 5. The minimum Gasteiger partial charge on any atom is -0.489 e. The lowest BCUT2D eigenvalue weighted by Crippen LogP contribution is -2.45. The quantitative estimate of drug-likeness (QED) is 0.829. The Kier molecular flexibility index (Phi) is 5.64. The van der Waals surface area contributed by atoms with E-state index in [1.54, 1.807) is 6.07 Å². The topological polar surface area (TPSA) is 85.8 Å². The Morgan fingerprint density at radius 2 is 1.90 bits per heavy atom. The molecule has 1 spiro atoms. The summed E-state index contributed by atoms with van der Waals surface area (Å²) in [4.78, 5) is 23.4. The molecule has 8 nitrogen and oxygen atoms in total. The predicted molar refractivity (Wildman–Crippen MR) is 108 cm³/mol. The van der Waals surface area contributed by atoms with E-state index in [1.165, 1.54) is 6.33 Å². The fraction of sp³-hybridized carbons (Fsp3) is 0.476. The van der Waals surface area contributed by atoms with Gasteiger partial charge in [0.2, 0.25) is 0 Å². The van der Waals surface area contributed by atoms with Gasteiger partial charge < -0.3 is 24.4 Å². The number of ether oxygens (including phenoxy) is 3. The Bertz CT molecular complexity index is 857. The van der Waals surface area contributed by atoms with Gasteiger partial charge in [-0.3, -0.25) is 4.79 Å². The van der Waals surface area contributed by atoms with Gasteiger partial charge in [0, 0.05) is 32.0 Å². The van der Waals surface area contributed by atoms with Gasteiger partial charge in [-0.25, -0.2) is 9.97 Å². The average Bonchev–Trinajstić information content (AvgIpc) is 3.17. The van der Waals surface area contributed by atoms with Crippen molar-refractivity contribution in [3.63, 3.8) is 0 Å². The van der Waals surface area contributed by atoms with Gasteiger partial charge in [0.25, 0.3) is 5.91 Å². The van der Waals surface area contributed by atoms with Crippen molar-refractivity contribution in [1.82, 2.24) is 9.97 Å². The standard InChI is InChI=1S/C21H26N4O4/c1-15(2)29-18-6-4-3-5-16(18)24-20(26)17-13-19(23-14-22-17)25-9-7-21(8-10-25)27-11-12-28-21/h3-6,13-15H,7-12H2,1-2H3,(H,24,26). The van der Waals surface area contributed by atoms with Gasteiger partial charge in [-0.05, 0) is 26.0 Å². The molecule has 2 saturated heterocycles. The third-order valence-corrected chi connectivity index (χ3v) is 5.05. The number of carbonyl (C=O) groups is 1. The monoisotopic (exact) mass is 398 g/mol. The second-order valence-electron chi connectivity index (χ2n) is 7.47. The molecule has 2 aliphatic heterocycles. The van der Waals surface area contributed by atoms with E-state index in [9.17, 15) is 4.79 Å². The highest BCUT2D eigenvalue weighted by molar-refractivity contribution is 6.04. The van der Waals surface area contributed by atoms with E-state index >= 15 is 0 Å². The second-order valence-corrected chi connectivity index (χ2v) is 7.47. The fourth-order valence-corrected chi connectivity index (χ4v) is 3.62. The van der Waals surface area contributed by atoms with E-state index in [-0.39, 0.29) is 12.0 Å². The minimum atomic E-state index is -0.441. The van der Waals surface area contributed by atoms with Crippen LogP contribution in [0.2, 0.25) is 0 Å². The number of hydrogen-bond acceptors (Lipinski definition) is 7. The normalized spacial score (nSPS) is 18.2. The number of hydrogen-bond donors (Lipinski definition) is 1. The Labute approximate surface area is 170 Å². The van der Waals surface area contributed by atoms with E-state index in [0.717, 1.165) is 31.7 Å². The van der Waals surface area contributed by atoms with Crippen molar-refractivity contribution < 1.29 is 19.0 Å². The molecule has 0 atom stereocenters. The van der Waals surface area contributed by atoms with Gasteiger partial charge >= 0.3 is 0 Å². The number of anilines is 2. The smallest absolute Gasteiger partial charge is 0.274 e. The Hall–Kier alpha value is -2.71. The number of carbonyl (C=O) groups excluding carboxylic acids is 1. The molecule has 2 aliphatic rings. The molecule has 0 aliphatic carbocycles. The van der Waals surface area contributed by atoms with E-state index < -0.39 is 5.79 Å². The number of para-hydroxylation sites is 2. The Morgan fingerprint density at radius 3 is 2.62 bits per heavy atom. The molecular weight excluding hydrogens is 372 g/mol. The molecule has 0 bridgehead atoms. The molecule has 0 saturated carbocycles. The van der Waals surface area contributed by atoms with Crippen molar-refractivity contribution in [2.75, 3.05) is 36.5 Å². The molecule has 8 heteroatoms. The first-order valence-corrected chi connectivity index (χ1v) is 9.97. The van der Waals surface area contributed by atoms with E-state index in [4.69, 9.17) is 14.2 Å². The van der Waals surface area contributed by atoms with Crippen LogP contribution >= 0.6 is 0 Å². The van der Waals surface area contributed by atoms with Gasteiger partial charge in [-0.1, -0.05) is 12.1 Å².